The molecule has 3 aliphatic rings. The van der Waals surface area contributed by atoms with Gasteiger partial charge in [0.1, 0.15) is 17.0 Å². The summed E-state index contributed by atoms with van der Waals surface area (Å²) in [6.07, 6.45) is 5.16. The first kappa shape index (κ1) is 38.1. The van der Waals surface area contributed by atoms with E-state index in [0.29, 0.717) is 0 Å². The molecule has 1 N–H and O–H groups in total. The van der Waals surface area contributed by atoms with E-state index in [2.05, 4.69) is 124 Å². The Hall–Kier alpha value is -0.100. The Morgan fingerprint density at radius 1 is 0.476 bits per heavy atom. The van der Waals surface area contributed by atoms with Crippen molar-refractivity contribution in [2.75, 3.05) is 45.0 Å². The summed E-state index contributed by atoms with van der Waals surface area (Å²) in [5, 5.41) is 12.5. The fraction of sp³-hybridized carbons (Fsp3) is 0.906. The van der Waals surface area contributed by atoms with Gasteiger partial charge in [-0.15, -0.1) is 35.3 Å². The predicted molar refractivity (Wildman–Crippen MR) is 193 cm³/mol. The summed E-state index contributed by atoms with van der Waals surface area (Å²) in [7, 11) is 6.46. The van der Waals surface area contributed by atoms with E-state index >= 15 is 0 Å². The molecule has 0 bridgehead atoms. The molecule has 3 heterocycles. The van der Waals surface area contributed by atoms with E-state index in [-0.39, 0.29) is 40.2 Å². The van der Waals surface area contributed by atoms with E-state index in [4.69, 9.17) is 15.1 Å². The Morgan fingerprint density at radius 3 is 0.952 bits per heavy atom. The van der Waals surface area contributed by atoms with E-state index in [1.165, 1.54) is 47.3 Å². The molecule has 0 aromatic heterocycles. The summed E-state index contributed by atoms with van der Waals surface area (Å²) in [6, 6.07) is 0. The van der Waals surface area contributed by atoms with Gasteiger partial charge in [-0.2, -0.15) is 0 Å². The maximum absolute atomic E-state index is 8.80. The van der Waals surface area contributed by atoms with Crippen molar-refractivity contribution in [1.29, 1.82) is 0 Å². The third-order valence-electron chi connectivity index (χ3n) is 9.52. The lowest BCUT2D eigenvalue weighted by Crippen LogP contribution is -2.48. The van der Waals surface area contributed by atoms with Gasteiger partial charge in [0.15, 0.2) is 0 Å². The Labute approximate surface area is 271 Å². The molecule has 0 spiro atoms. The summed E-state index contributed by atoms with van der Waals surface area (Å²) in [5.74, 6) is 3.09. The molecule has 0 radical (unpaired) electrons. The first-order chi connectivity index (χ1) is 19.0. The number of aliphatic hydroxyl groups excluding tert-OH is 1. The van der Waals surface area contributed by atoms with Crippen molar-refractivity contribution in [2.45, 2.75) is 142 Å². The number of nitrogens with zero attached hydrogens (tertiary/aromatic N) is 6. The molecule has 3 aliphatic heterocycles. The Morgan fingerprint density at radius 2 is 0.738 bits per heavy atom. The Kier molecular flexibility index (Phi) is 12.8. The van der Waals surface area contributed by atoms with Crippen LogP contribution in [0, 0.1) is 0 Å². The summed E-state index contributed by atoms with van der Waals surface area (Å²) in [4.78, 5) is 21.6. The van der Waals surface area contributed by atoms with E-state index in [9.17, 15) is 0 Å². The molecule has 0 atom stereocenters. The van der Waals surface area contributed by atoms with Crippen molar-refractivity contribution in [3.63, 3.8) is 0 Å². The monoisotopic (exact) mass is 642 g/mol. The van der Waals surface area contributed by atoms with Crippen molar-refractivity contribution >= 4 is 50.4 Å². The average Bonchev–Trinajstić information content (AvgIpc) is 3.22. The molecule has 0 unspecified atom stereocenters. The van der Waals surface area contributed by atoms with Crippen LogP contribution in [0.25, 0.3) is 0 Å². The summed E-state index contributed by atoms with van der Waals surface area (Å²) in [5.41, 5.74) is -0.184. The maximum atomic E-state index is 8.80. The van der Waals surface area contributed by atoms with Gasteiger partial charge >= 0.3 is 0 Å². The highest BCUT2D eigenvalue weighted by Crippen LogP contribution is 2.39. The number of rotatable bonds is 9. The minimum Gasteiger partial charge on any atom is -0.396 e. The van der Waals surface area contributed by atoms with Crippen LogP contribution >= 0.6 is 35.3 Å². The van der Waals surface area contributed by atoms with Gasteiger partial charge in [-0.25, -0.2) is 0 Å². The molecule has 42 heavy (non-hydrogen) atoms. The van der Waals surface area contributed by atoms with Gasteiger partial charge in [-0.1, -0.05) is 12.8 Å². The highest BCUT2D eigenvalue weighted by Gasteiger charge is 2.46. The predicted octanol–water partition coefficient (Wildman–Crippen LogP) is 7.30. The fourth-order valence-corrected chi connectivity index (χ4v) is 9.23. The lowest BCUT2D eigenvalue weighted by molar-refractivity contribution is 0.121. The SMILES string of the molecule is CN1C(C)(C)N=C(SCCCCCCSC2=NC(C)(C)N(C)C2(C)C)C1(C)C.CN1C(C)(C)N=C(SCCO)C1(C)C. The van der Waals surface area contributed by atoms with Crippen molar-refractivity contribution in [3.05, 3.63) is 0 Å². The third kappa shape index (κ3) is 8.58. The van der Waals surface area contributed by atoms with E-state index in [1.807, 2.05) is 23.5 Å². The van der Waals surface area contributed by atoms with E-state index in [1.54, 1.807) is 11.8 Å². The van der Waals surface area contributed by atoms with Gasteiger partial charge < -0.3 is 5.11 Å². The van der Waals surface area contributed by atoms with Gasteiger partial charge in [0.05, 0.1) is 38.4 Å². The molecule has 0 aliphatic carbocycles. The highest BCUT2D eigenvalue weighted by molar-refractivity contribution is 8.14. The lowest BCUT2D eigenvalue weighted by atomic mass is 10.0. The Balaban J connectivity index is 0.000000369. The van der Waals surface area contributed by atoms with Gasteiger partial charge in [0.25, 0.3) is 0 Å². The molecule has 10 heteroatoms. The quantitative estimate of drug-likeness (QED) is 0.265. The van der Waals surface area contributed by atoms with Crippen LogP contribution in [0.2, 0.25) is 0 Å². The first-order valence-electron chi connectivity index (χ1n) is 15.6. The van der Waals surface area contributed by atoms with Crippen molar-refractivity contribution in [1.82, 2.24) is 14.7 Å². The van der Waals surface area contributed by atoms with Crippen LogP contribution in [0.5, 0.6) is 0 Å². The topological polar surface area (TPSA) is 67.0 Å². The molecular weight excluding hydrogens is 581 g/mol. The zero-order valence-electron chi connectivity index (χ0n) is 29.5. The molecule has 0 fully saturated rings. The fourth-order valence-electron chi connectivity index (χ4n) is 5.53. The third-order valence-corrected chi connectivity index (χ3v) is 13.5. The first-order valence-corrected chi connectivity index (χ1v) is 18.5. The molecule has 7 nitrogen and oxygen atoms in total. The zero-order chi connectivity index (χ0) is 32.4. The van der Waals surface area contributed by atoms with Gasteiger partial charge in [-0.05, 0) is 129 Å². The van der Waals surface area contributed by atoms with E-state index in [0.717, 1.165) is 10.8 Å². The van der Waals surface area contributed by atoms with Crippen LogP contribution in [0.3, 0.4) is 0 Å². The number of hydrogen-bond donors (Lipinski definition) is 1. The summed E-state index contributed by atoms with van der Waals surface area (Å²) >= 11 is 5.57. The average molecular weight is 643 g/mol. The van der Waals surface area contributed by atoms with Crippen LogP contribution in [0.4, 0.5) is 0 Å². The number of hydrogen-bond acceptors (Lipinski definition) is 10. The normalized spacial score (nSPS) is 25.6. The zero-order valence-corrected chi connectivity index (χ0v) is 32.0. The van der Waals surface area contributed by atoms with Crippen LogP contribution in [0.15, 0.2) is 15.0 Å². The molecule has 0 aromatic rings. The summed E-state index contributed by atoms with van der Waals surface area (Å²) < 4.78 is 0. The number of aliphatic hydroxyl groups is 1. The molecule has 0 saturated heterocycles. The molecule has 244 valence electrons. The smallest absolute Gasteiger partial charge is 0.109 e. The van der Waals surface area contributed by atoms with Crippen LogP contribution < -0.4 is 0 Å². The second kappa shape index (κ2) is 14.1. The number of unbranched alkanes of at least 4 members (excludes halogenated alkanes) is 3. The molecule has 0 aromatic carbocycles. The van der Waals surface area contributed by atoms with Crippen LogP contribution in [0.1, 0.15) is 109 Å². The standard InChI is InChI=1S/C22H42N4S2.C10H20N2OS/c1-19(2)17(23-21(5,6)25(19)9)27-15-13-11-12-14-16-28-18-20(3,4)26(10)22(7,8)24-18;1-9(2)8(14-7-6-13)11-10(3,4)12(9)5/h11-16H2,1-10H3;13H,6-7H2,1-5H3. The van der Waals surface area contributed by atoms with Crippen molar-refractivity contribution in [2.24, 2.45) is 15.0 Å². The number of thioether (sulfide) groups is 3. The van der Waals surface area contributed by atoms with E-state index < -0.39 is 0 Å². The van der Waals surface area contributed by atoms with Crippen LogP contribution in [-0.4, -0.2) is 114 Å². The molecule has 3 rings (SSSR count). The second-order valence-corrected chi connectivity index (χ2v) is 18.0. The molecule has 0 amide bonds. The van der Waals surface area contributed by atoms with Gasteiger partial charge in [0.2, 0.25) is 0 Å². The minimum atomic E-state index is -0.124. The maximum Gasteiger partial charge on any atom is 0.109 e. The Bertz CT molecular complexity index is 962. The summed E-state index contributed by atoms with van der Waals surface area (Å²) in [6.45, 7) is 26.7. The van der Waals surface area contributed by atoms with Crippen molar-refractivity contribution < 1.29 is 5.11 Å². The molecular formula is C32H62N6OS3. The minimum absolute atomic E-state index is 0.0106. The van der Waals surface area contributed by atoms with Gasteiger partial charge in [-0.3, -0.25) is 29.7 Å². The second-order valence-electron chi connectivity index (χ2n) is 14.8. The lowest BCUT2D eigenvalue weighted by Gasteiger charge is -2.36. The van der Waals surface area contributed by atoms with Crippen molar-refractivity contribution in [3.8, 4) is 0 Å². The molecule has 0 saturated carbocycles. The largest absolute Gasteiger partial charge is 0.396 e. The highest BCUT2D eigenvalue weighted by atomic mass is 32.2. The van der Waals surface area contributed by atoms with Gasteiger partial charge in [0, 0.05) is 5.75 Å². The van der Waals surface area contributed by atoms with Crippen LogP contribution in [-0.2, 0) is 0 Å². The number of aliphatic imine (C=N–C) groups is 3.